The van der Waals surface area contributed by atoms with Crippen molar-refractivity contribution >= 4 is 98.8 Å². The van der Waals surface area contributed by atoms with E-state index in [0.717, 1.165) is 27.8 Å². The molecule has 0 spiro atoms. The molecular weight excluding hydrogens is 1050 g/mol. The standard InChI is InChI=1S/C62H46Br2O9/c1-62(2,3)41-24-26-42(27-25-41)73-50-32-47(61(68)72-36-40-22-14-7-15-23-40)51-44(58(65)69-33-37-16-8-4-9-17-37)29-28-43-53-48(63)30-45(59(66)70-34-38-18-10-5-11-19-38)52-46(60(67)71-35-39-20-12-6-13-21-39)31-49(64)55(57(52)53)56(50)54(43)51/h4-32H,33-36H2,1-3H3. The Balaban J connectivity index is 1.27. The van der Waals surface area contributed by atoms with E-state index in [1.54, 1.807) is 30.3 Å². The van der Waals surface area contributed by atoms with Gasteiger partial charge in [0.2, 0.25) is 0 Å². The fourth-order valence-corrected chi connectivity index (χ4v) is 10.4. The van der Waals surface area contributed by atoms with Crippen molar-refractivity contribution in [1.29, 1.82) is 0 Å². The average Bonchev–Trinajstić information content (AvgIpc) is 3.41. The third-order valence-corrected chi connectivity index (χ3v) is 14.0. The third kappa shape index (κ3) is 10.0. The van der Waals surface area contributed by atoms with Gasteiger partial charge in [-0.25, -0.2) is 19.2 Å². The van der Waals surface area contributed by atoms with Gasteiger partial charge in [0.25, 0.3) is 0 Å². The highest BCUT2D eigenvalue weighted by molar-refractivity contribution is 9.11. The van der Waals surface area contributed by atoms with Gasteiger partial charge in [0.05, 0.1) is 22.3 Å². The van der Waals surface area contributed by atoms with E-state index in [4.69, 9.17) is 23.7 Å². The van der Waals surface area contributed by atoms with Crippen molar-refractivity contribution < 1.29 is 42.9 Å². The molecule has 0 saturated heterocycles. The highest BCUT2D eigenvalue weighted by Crippen LogP contribution is 2.52. The summed E-state index contributed by atoms with van der Waals surface area (Å²) < 4.78 is 32.0. The van der Waals surface area contributed by atoms with Gasteiger partial charge in [-0.2, -0.15) is 0 Å². The largest absolute Gasteiger partial charge is 0.457 e. The van der Waals surface area contributed by atoms with E-state index in [0.29, 0.717) is 47.0 Å². The second-order valence-electron chi connectivity index (χ2n) is 18.6. The molecule has 10 aromatic carbocycles. The minimum Gasteiger partial charge on any atom is -0.457 e. The van der Waals surface area contributed by atoms with Crippen LogP contribution < -0.4 is 4.74 Å². The maximum Gasteiger partial charge on any atom is 0.339 e. The molecule has 0 radical (unpaired) electrons. The van der Waals surface area contributed by atoms with Crippen LogP contribution in [0, 0.1) is 0 Å². The van der Waals surface area contributed by atoms with Crippen LogP contribution in [0.2, 0.25) is 0 Å². The first-order chi connectivity index (χ1) is 35.3. The molecule has 0 atom stereocenters. The molecule has 0 N–H and O–H groups in total. The number of halogens is 2. The van der Waals surface area contributed by atoms with E-state index < -0.39 is 23.9 Å². The van der Waals surface area contributed by atoms with Crippen LogP contribution in [0.15, 0.2) is 185 Å². The van der Waals surface area contributed by atoms with Crippen LogP contribution in [-0.4, -0.2) is 23.9 Å². The van der Waals surface area contributed by atoms with E-state index in [9.17, 15) is 19.2 Å². The van der Waals surface area contributed by atoms with Crippen LogP contribution in [0.1, 0.15) is 90.0 Å². The minimum atomic E-state index is -0.709. The van der Waals surface area contributed by atoms with Gasteiger partial charge in [-0.1, -0.05) is 192 Å². The summed E-state index contributed by atoms with van der Waals surface area (Å²) in [5.74, 6) is -2.04. The lowest BCUT2D eigenvalue weighted by atomic mass is 9.84. The van der Waals surface area contributed by atoms with Gasteiger partial charge >= 0.3 is 23.9 Å². The number of ether oxygens (including phenoxy) is 5. The molecule has 0 saturated carbocycles. The molecule has 0 unspecified atom stereocenters. The number of hydrogen-bond acceptors (Lipinski definition) is 9. The number of benzene rings is 10. The molecule has 362 valence electrons. The van der Waals surface area contributed by atoms with E-state index in [-0.39, 0.29) is 70.6 Å². The molecule has 0 aliphatic heterocycles. The van der Waals surface area contributed by atoms with Gasteiger partial charge in [-0.05, 0) is 75.0 Å². The zero-order valence-electron chi connectivity index (χ0n) is 40.0. The summed E-state index contributed by atoms with van der Waals surface area (Å²) in [5.41, 5.74) is 4.38. The second-order valence-corrected chi connectivity index (χ2v) is 20.4. The predicted octanol–water partition coefficient (Wildman–Crippen LogP) is 15.8. The predicted molar refractivity (Wildman–Crippen MR) is 291 cm³/mol. The Kier molecular flexibility index (Phi) is 13.8. The van der Waals surface area contributed by atoms with E-state index in [2.05, 4.69) is 52.6 Å². The molecule has 9 nitrogen and oxygen atoms in total. The van der Waals surface area contributed by atoms with Gasteiger partial charge in [-0.3, -0.25) is 0 Å². The summed E-state index contributed by atoms with van der Waals surface area (Å²) in [4.78, 5) is 58.7. The summed E-state index contributed by atoms with van der Waals surface area (Å²) in [6.45, 7) is 6.24. The summed E-state index contributed by atoms with van der Waals surface area (Å²) in [6, 6.07) is 53.3. The summed E-state index contributed by atoms with van der Waals surface area (Å²) >= 11 is 7.76. The Morgan fingerprint density at radius 2 is 0.767 bits per heavy atom. The zero-order chi connectivity index (χ0) is 50.8. The van der Waals surface area contributed by atoms with Gasteiger partial charge < -0.3 is 23.7 Å². The Bertz CT molecular complexity index is 3640. The maximum atomic E-state index is 14.9. The Morgan fingerprint density at radius 1 is 0.384 bits per heavy atom. The second kappa shape index (κ2) is 20.7. The van der Waals surface area contributed by atoms with Crippen molar-refractivity contribution in [3.05, 3.63) is 235 Å². The van der Waals surface area contributed by atoms with Crippen molar-refractivity contribution in [2.75, 3.05) is 0 Å². The Morgan fingerprint density at radius 3 is 1.19 bits per heavy atom. The lowest BCUT2D eigenvalue weighted by Gasteiger charge is -2.24. The quantitative estimate of drug-likeness (QED) is 0.0454. The molecule has 0 aromatic heterocycles. The van der Waals surface area contributed by atoms with Crippen LogP contribution in [0.25, 0.3) is 43.1 Å². The molecule has 0 aliphatic rings. The van der Waals surface area contributed by atoms with Crippen LogP contribution in [0.5, 0.6) is 11.5 Å². The van der Waals surface area contributed by atoms with Crippen molar-refractivity contribution in [1.82, 2.24) is 0 Å². The molecule has 0 bridgehead atoms. The number of rotatable bonds is 14. The van der Waals surface area contributed by atoms with E-state index in [1.165, 1.54) is 0 Å². The topological polar surface area (TPSA) is 114 Å². The van der Waals surface area contributed by atoms with Gasteiger partial charge in [-0.15, -0.1) is 0 Å². The SMILES string of the molecule is CC(C)(C)c1ccc(Oc2cc(C(=O)OCc3ccccc3)c3c(C(=O)OCc4ccccc4)ccc4c5c(Br)cc(C(=O)OCc6ccccc6)c6c(C(=O)OCc7ccccc7)cc(Br)c(c2c34)c65)cc1. The Hall–Kier alpha value is -7.86. The lowest BCUT2D eigenvalue weighted by Crippen LogP contribution is -2.13. The fourth-order valence-electron chi connectivity index (χ4n) is 9.16. The number of carbonyl (C=O) groups excluding carboxylic acids is 4. The molecule has 0 amide bonds. The number of esters is 4. The van der Waals surface area contributed by atoms with E-state index >= 15 is 0 Å². The monoisotopic (exact) mass is 1090 g/mol. The summed E-state index contributed by atoms with van der Waals surface area (Å²) in [6.07, 6.45) is 0. The first-order valence-corrected chi connectivity index (χ1v) is 25.2. The van der Waals surface area contributed by atoms with Crippen LogP contribution in [-0.2, 0) is 50.8 Å². The molecular formula is C62H46Br2O9. The average molecular weight is 1090 g/mol. The number of fused-ring (bicyclic) bond motifs is 2. The number of hydrogen-bond donors (Lipinski definition) is 0. The Labute approximate surface area is 438 Å². The van der Waals surface area contributed by atoms with Crippen molar-refractivity contribution in [3.8, 4) is 11.5 Å². The molecule has 0 heterocycles. The van der Waals surface area contributed by atoms with Crippen molar-refractivity contribution in [2.24, 2.45) is 0 Å². The van der Waals surface area contributed by atoms with Crippen LogP contribution in [0.4, 0.5) is 0 Å². The van der Waals surface area contributed by atoms with Gasteiger partial charge in [0, 0.05) is 46.6 Å². The normalized spacial score (nSPS) is 11.5. The smallest absolute Gasteiger partial charge is 0.339 e. The zero-order valence-corrected chi connectivity index (χ0v) is 43.2. The highest BCUT2D eigenvalue weighted by Gasteiger charge is 2.32. The summed E-state index contributed by atoms with van der Waals surface area (Å²) in [7, 11) is 0. The molecule has 73 heavy (non-hydrogen) atoms. The molecule has 11 heteroatoms. The third-order valence-electron chi connectivity index (χ3n) is 12.8. The van der Waals surface area contributed by atoms with E-state index in [1.807, 2.05) is 146 Å². The summed E-state index contributed by atoms with van der Waals surface area (Å²) in [5, 5.41) is 3.60. The first-order valence-electron chi connectivity index (χ1n) is 23.6. The van der Waals surface area contributed by atoms with Crippen molar-refractivity contribution in [3.63, 3.8) is 0 Å². The molecule has 10 rings (SSSR count). The van der Waals surface area contributed by atoms with Crippen LogP contribution in [0.3, 0.4) is 0 Å². The first kappa shape index (κ1) is 48.8. The fraction of sp³-hybridized carbons (Fsp3) is 0.129. The number of carbonyl (C=O) groups is 4. The van der Waals surface area contributed by atoms with Gasteiger partial charge in [0.1, 0.15) is 37.9 Å². The van der Waals surface area contributed by atoms with Gasteiger partial charge in [0.15, 0.2) is 0 Å². The highest BCUT2D eigenvalue weighted by atomic mass is 79.9. The molecule has 0 aliphatic carbocycles. The molecule has 0 fully saturated rings. The van der Waals surface area contributed by atoms with Crippen LogP contribution >= 0.6 is 31.9 Å². The lowest BCUT2D eigenvalue weighted by molar-refractivity contribution is 0.0458. The maximum absolute atomic E-state index is 14.9. The van der Waals surface area contributed by atoms with Crippen molar-refractivity contribution in [2.45, 2.75) is 52.6 Å². The minimum absolute atomic E-state index is 0.0269. The molecule has 10 aromatic rings.